The van der Waals surface area contributed by atoms with Crippen LogP contribution in [0.2, 0.25) is 0 Å². The lowest BCUT2D eigenvalue weighted by molar-refractivity contribution is -0.217. The molecule has 3 heteroatoms. The van der Waals surface area contributed by atoms with Crippen molar-refractivity contribution >= 4 is 0 Å². The first-order valence-corrected chi connectivity index (χ1v) is 8.47. The van der Waals surface area contributed by atoms with Crippen LogP contribution in [0.25, 0.3) is 0 Å². The Bertz CT molecular complexity index is 558. The van der Waals surface area contributed by atoms with E-state index in [9.17, 15) is 0 Å². The highest BCUT2D eigenvalue weighted by Gasteiger charge is 2.23. The molecule has 0 saturated carbocycles. The Labute approximate surface area is 138 Å². The average Bonchev–Trinajstić information content (AvgIpc) is 2.63. The van der Waals surface area contributed by atoms with Crippen LogP contribution in [-0.2, 0) is 22.8 Å². The van der Waals surface area contributed by atoms with Crippen LogP contribution in [0.15, 0.2) is 60.7 Å². The average molecular weight is 311 g/mol. The molecule has 3 nitrogen and oxygen atoms in total. The second kappa shape index (κ2) is 8.82. The minimum Gasteiger partial charge on any atom is -0.375 e. The zero-order valence-corrected chi connectivity index (χ0v) is 13.6. The molecule has 2 aromatic rings. The molecule has 1 atom stereocenters. The van der Waals surface area contributed by atoms with E-state index in [0.717, 1.165) is 19.6 Å². The molecule has 3 rings (SSSR count). The van der Waals surface area contributed by atoms with E-state index in [-0.39, 0.29) is 0 Å². The van der Waals surface area contributed by atoms with E-state index in [1.807, 2.05) is 12.1 Å². The first-order valence-electron chi connectivity index (χ1n) is 8.47. The molecule has 1 aliphatic rings. The maximum Gasteiger partial charge on any atom is 0.0936 e. The molecular formula is C20H25NO2. The third-order valence-electron chi connectivity index (χ3n) is 4.23. The van der Waals surface area contributed by atoms with Gasteiger partial charge in [0.15, 0.2) is 0 Å². The van der Waals surface area contributed by atoms with Gasteiger partial charge >= 0.3 is 0 Å². The molecule has 0 aromatic heterocycles. The second-order valence-electron chi connectivity index (χ2n) is 6.05. The molecule has 1 fully saturated rings. The highest BCUT2D eigenvalue weighted by Crippen LogP contribution is 2.19. The van der Waals surface area contributed by atoms with Crippen molar-refractivity contribution in [3.63, 3.8) is 0 Å². The minimum absolute atomic E-state index is 0.358. The summed E-state index contributed by atoms with van der Waals surface area (Å²) in [7, 11) is 0. The predicted molar refractivity (Wildman–Crippen MR) is 91.7 cm³/mol. The van der Waals surface area contributed by atoms with Crippen LogP contribution >= 0.6 is 0 Å². The summed E-state index contributed by atoms with van der Waals surface area (Å²) < 4.78 is 5.92. The van der Waals surface area contributed by atoms with Gasteiger partial charge in [0.25, 0.3) is 0 Å². The fourth-order valence-corrected chi connectivity index (χ4v) is 2.93. The highest BCUT2D eigenvalue weighted by atomic mass is 16.7. The van der Waals surface area contributed by atoms with Gasteiger partial charge in [0.1, 0.15) is 0 Å². The lowest BCUT2D eigenvalue weighted by Crippen LogP contribution is -2.42. The number of ether oxygens (including phenoxy) is 1. The molecule has 0 radical (unpaired) electrons. The Balaban J connectivity index is 1.46. The Morgan fingerprint density at radius 1 is 0.826 bits per heavy atom. The number of rotatable bonds is 7. The van der Waals surface area contributed by atoms with Gasteiger partial charge in [-0.2, -0.15) is 5.06 Å². The monoisotopic (exact) mass is 311 g/mol. The van der Waals surface area contributed by atoms with Crippen LogP contribution in [0.3, 0.4) is 0 Å². The standard InChI is InChI=1S/C20H25NO2/c1-3-9-18(10-4-1)15-22-17-20-13-7-8-14-21(20)23-16-19-11-5-2-6-12-19/h1-6,9-12,20H,7-8,13-17H2. The van der Waals surface area contributed by atoms with Gasteiger partial charge in [-0.3, -0.25) is 4.84 Å². The summed E-state index contributed by atoms with van der Waals surface area (Å²) in [5, 5.41) is 2.13. The predicted octanol–water partition coefficient (Wildman–Crippen LogP) is 4.19. The van der Waals surface area contributed by atoms with Crippen LogP contribution in [0.4, 0.5) is 0 Å². The summed E-state index contributed by atoms with van der Waals surface area (Å²) >= 11 is 0. The van der Waals surface area contributed by atoms with Crippen molar-refractivity contribution < 1.29 is 9.57 Å². The number of hydroxylamine groups is 2. The van der Waals surface area contributed by atoms with E-state index in [4.69, 9.17) is 9.57 Å². The molecule has 1 aliphatic heterocycles. The van der Waals surface area contributed by atoms with Crippen molar-refractivity contribution in [2.45, 2.75) is 38.5 Å². The Hall–Kier alpha value is -1.68. The number of benzene rings is 2. The number of hydrogen-bond acceptors (Lipinski definition) is 3. The molecule has 2 aromatic carbocycles. The molecule has 0 aliphatic carbocycles. The van der Waals surface area contributed by atoms with Crippen molar-refractivity contribution in [2.24, 2.45) is 0 Å². The van der Waals surface area contributed by atoms with E-state index < -0.39 is 0 Å². The third-order valence-corrected chi connectivity index (χ3v) is 4.23. The summed E-state index contributed by atoms with van der Waals surface area (Å²) in [6.07, 6.45) is 3.60. The molecule has 0 N–H and O–H groups in total. The molecular weight excluding hydrogens is 286 g/mol. The molecule has 1 unspecified atom stereocenters. The number of hydrogen-bond donors (Lipinski definition) is 0. The summed E-state index contributed by atoms with van der Waals surface area (Å²) in [5.74, 6) is 0. The smallest absolute Gasteiger partial charge is 0.0936 e. The van der Waals surface area contributed by atoms with Crippen molar-refractivity contribution in [2.75, 3.05) is 13.2 Å². The van der Waals surface area contributed by atoms with Crippen LogP contribution in [0.5, 0.6) is 0 Å². The highest BCUT2D eigenvalue weighted by molar-refractivity contribution is 5.14. The summed E-state index contributed by atoms with van der Waals surface area (Å²) in [6, 6.07) is 21.0. The maximum atomic E-state index is 6.04. The van der Waals surface area contributed by atoms with Crippen molar-refractivity contribution in [3.05, 3.63) is 71.8 Å². The molecule has 0 spiro atoms. The number of nitrogens with zero attached hydrogens (tertiary/aromatic N) is 1. The lowest BCUT2D eigenvalue weighted by Gasteiger charge is -2.34. The van der Waals surface area contributed by atoms with Crippen LogP contribution in [-0.4, -0.2) is 24.3 Å². The summed E-state index contributed by atoms with van der Waals surface area (Å²) in [5.41, 5.74) is 2.43. The summed E-state index contributed by atoms with van der Waals surface area (Å²) in [6.45, 7) is 3.02. The normalized spacial score (nSPS) is 18.9. The second-order valence-corrected chi connectivity index (χ2v) is 6.05. The van der Waals surface area contributed by atoms with E-state index in [1.54, 1.807) is 0 Å². The fourth-order valence-electron chi connectivity index (χ4n) is 2.93. The molecule has 1 saturated heterocycles. The zero-order valence-electron chi connectivity index (χ0n) is 13.6. The molecule has 0 bridgehead atoms. The Morgan fingerprint density at radius 3 is 2.17 bits per heavy atom. The van der Waals surface area contributed by atoms with E-state index in [2.05, 4.69) is 53.6 Å². The quantitative estimate of drug-likeness (QED) is 0.765. The summed E-state index contributed by atoms with van der Waals surface area (Å²) in [4.78, 5) is 6.04. The van der Waals surface area contributed by atoms with Crippen LogP contribution < -0.4 is 0 Å². The molecule has 1 heterocycles. The van der Waals surface area contributed by atoms with Gasteiger partial charge in [0.05, 0.1) is 25.9 Å². The molecule has 23 heavy (non-hydrogen) atoms. The topological polar surface area (TPSA) is 21.7 Å². The van der Waals surface area contributed by atoms with Crippen molar-refractivity contribution in [3.8, 4) is 0 Å². The van der Waals surface area contributed by atoms with Crippen LogP contribution in [0.1, 0.15) is 30.4 Å². The van der Waals surface area contributed by atoms with Gasteiger partial charge in [-0.25, -0.2) is 0 Å². The first kappa shape index (κ1) is 16.2. The molecule has 122 valence electrons. The van der Waals surface area contributed by atoms with E-state index in [0.29, 0.717) is 19.3 Å². The number of piperidine rings is 1. The van der Waals surface area contributed by atoms with E-state index in [1.165, 1.54) is 24.0 Å². The van der Waals surface area contributed by atoms with Gasteiger partial charge < -0.3 is 4.74 Å². The van der Waals surface area contributed by atoms with Gasteiger partial charge in [-0.1, -0.05) is 67.1 Å². The minimum atomic E-state index is 0.358. The van der Waals surface area contributed by atoms with E-state index >= 15 is 0 Å². The lowest BCUT2D eigenvalue weighted by atomic mass is 10.1. The first-order chi connectivity index (χ1) is 11.4. The van der Waals surface area contributed by atoms with Gasteiger partial charge in [0, 0.05) is 6.54 Å². The maximum absolute atomic E-state index is 6.04. The SMILES string of the molecule is c1ccc(COCC2CCCCN2OCc2ccccc2)cc1. The Morgan fingerprint density at radius 2 is 1.48 bits per heavy atom. The fraction of sp³-hybridized carbons (Fsp3) is 0.400. The molecule has 0 amide bonds. The van der Waals surface area contributed by atoms with Gasteiger partial charge in [-0.15, -0.1) is 0 Å². The van der Waals surface area contributed by atoms with Gasteiger partial charge in [-0.05, 0) is 24.0 Å². The zero-order chi connectivity index (χ0) is 15.7. The third kappa shape index (κ3) is 5.17. The van der Waals surface area contributed by atoms with Gasteiger partial charge in [0.2, 0.25) is 0 Å². The van der Waals surface area contributed by atoms with Crippen molar-refractivity contribution in [1.82, 2.24) is 5.06 Å². The van der Waals surface area contributed by atoms with Crippen molar-refractivity contribution in [1.29, 1.82) is 0 Å². The Kier molecular flexibility index (Phi) is 6.21. The van der Waals surface area contributed by atoms with Crippen LogP contribution in [0, 0.1) is 0 Å². The largest absolute Gasteiger partial charge is 0.375 e.